The van der Waals surface area contributed by atoms with Crippen LogP contribution in [0.25, 0.3) is 11.3 Å². The van der Waals surface area contributed by atoms with Crippen LogP contribution in [0, 0.1) is 11.8 Å². The first kappa shape index (κ1) is 21.9. The Morgan fingerprint density at radius 1 is 1.11 bits per heavy atom. The van der Waals surface area contributed by atoms with Crippen molar-refractivity contribution in [1.29, 1.82) is 0 Å². The second kappa shape index (κ2) is 8.27. The quantitative estimate of drug-likeness (QED) is 0.527. The molecule has 3 atom stereocenters. The topological polar surface area (TPSA) is 96.9 Å². The molecule has 180 valence electrons. The van der Waals surface area contributed by atoms with Gasteiger partial charge in [0, 0.05) is 42.5 Å². The molecule has 3 aromatic rings. The van der Waals surface area contributed by atoms with Gasteiger partial charge in [-0.15, -0.1) is 0 Å². The summed E-state index contributed by atoms with van der Waals surface area (Å²) in [7, 11) is 2.23. The highest BCUT2D eigenvalue weighted by Crippen LogP contribution is 2.50. The Morgan fingerprint density at radius 3 is 2.57 bits per heavy atom. The van der Waals surface area contributed by atoms with Crippen LogP contribution in [0.3, 0.4) is 0 Å². The first-order valence-corrected chi connectivity index (χ1v) is 12.3. The molecule has 35 heavy (non-hydrogen) atoms. The molecule has 0 spiro atoms. The molecule has 7 heteroatoms. The molecule has 2 heterocycles. The molecule has 1 aromatic heterocycles. The second-order valence-electron chi connectivity index (χ2n) is 10.2. The molecule has 1 aliphatic heterocycles. The van der Waals surface area contributed by atoms with Crippen molar-refractivity contribution in [3.05, 3.63) is 81.1 Å². The molecule has 2 aromatic carbocycles. The largest absolute Gasteiger partial charge is 0.506 e. The number of aromatic nitrogens is 1. The highest BCUT2D eigenvalue weighted by molar-refractivity contribution is 5.92. The van der Waals surface area contributed by atoms with Gasteiger partial charge in [-0.05, 0) is 61.4 Å². The van der Waals surface area contributed by atoms with Crippen LogP contribution in [0.15, 0.2) is 53.3 Å². The van der Waals surface area contributed by atoms with Crippen molar-refractivity contribution < 1.29 is 15.0 Å². The summed E-state index contributed by atoms with van der Waals surface area (Å²) in [5.74, 6) is -0.442. The number of nitrogens with zero attached hydrogens (tertiary/aromatic N) is 2. The highest BCUT2D eigenvalue weighted by Gasteiger charge is 2.57. The molecule has 1 saturated heterocycles. The monoisotopic (exact) mass is 471 g/mol. The van der Waals surface area contributed by atoms with E-state index in [9.17, 15) is 19.8 Å². The van der Waals surface area contributed by atoms with Gasteiger partial charge in [-0.25, -0.2) is 4.79 Å². The molecule has 2 fully saturated rings. The van der Waals surface area contributed by atoms with Crippen LogP contribution in [-0.2, 0) is 19.4 Å². The maximum Gasteiger partial charge on any atom is 0.345 e. The number of fused-ring (bicyclic) bond motifs is 4. The summed E-state index contributed by atoms with van der Waals surface area (Å²) < 4.78 is 0. The van der Waals surface area contributed by atoms with Crippen molar-refractivity contribution in [2.24, 2.45) is 11.8 Å². The van der Waals surface area contributed by atoms with Crippen molar-refractivity contribution in [2.75, 3.05) is 25.0 Å². The van der Waals surface area contributed by atoms with Crippen LogP contribution in [-0.4, -0.2) is 52.2 Å². The molecule has 0 bridgehead atoms. The van der Waals surface area contributed by atoms with Crippen LogP contribution >= 0.6 is 0 Å². The van der Waals surface area contributed by atoms with Crippen molar-refractivity contribution >= 4 is 11.7 Å². The maximum absolute atomic E-state index is 12.4. The summed E-state index contributed by atoms with van der Waals surface area (Å²) in [5, 5.41) is 19.9. The molecule has 7 nitrogen and oxygen atoms in total. The molecule has 3 N–H and O–H groups in total. The van der Waals surface area contributed by atoms with Crippen molar-refractivity contribution in [3.8, 4) is 17.0 Å². The fraction of sp³-hybridized carbons (Fsp3) is 0.357. The predicted octanol–water partition coefficient (Wildman–Crippen LogP) is 3.50. The fourth-order valence-corrected chi connectivity index (χ4v) is 6.32. The number of aryl methyl sites for hydroxylation is 1. The first-order chi connectivity index (χ1) is 16.9. The van der Waals surface area contributed by atoms with E-state index in [4.69, 9.17) is 0 Å². The number of aromatic amines is 1. The van der Waals surface area contributed by atoms with Gasteiger partial charge in [0.2, 0.25) is 0 Å². The lowest BCUT2D eigenvalue weighted by molar-refractivity contribution is 0.0691. The highest BCUT2D eigenvalue weighted by atomic mass is 16.4. The predicted molar refractivity (Wildman–Crippen MR) is 134 cm³/mol. The lowest BCUT2D eigenvalue weighted by Gasteiger charge is -2.26. The third-order valence-electron chi connectivity index (χ3n) is 8.03. The van der Waals surface area contributed by atoms with Crippen LogP contribution in [0.4, 0.5) is 5.69 Å². The average molecular weight is 472 g/mol. The summed E-state index contributed by atoms with van der Waals surface area (Å²) in [4.78, 5) is 31.5. The molecule has 6 rings (SSSR count). The number of hydrogen-bond acceptors (Lipinski definition) is 5. The van der Waals surface area contributed by atoms with Crippen LogP contribution < -0.4 is 10.5 Å². The zero-order valence-electron chi connectivity index (χ0n) is 19.7. The molecule has 2 aliphatic carbocycles. The number of rotatable bonds is 5. The van der Waals surface area contributed by atoms with Gasteiger partial charge in [-0.3, -0.25) is 9.69 Å². The fourth-order valence-electron chi connectivity index (χ4n) is 6.32. The number of H-pyrrole nitrogens is 1. The molecule has 3 aliphatic rings. The Bertz CT molecular complexity index is 1350. The second-order valence-corrected chi connectivity index (χ2v) is 10.2. The SMILES string of the molecule is CN(Cc1ccccc1)[C@H]1[C@@H]2CN(c3ccc4c(c3)CCCc3c-4[nH]c(=O)c(C(=O)O)c3O)C[C@@H]21. The number of pyridine rings is 1. The van der Waals surface area contributed by atoms with Gasteiger partial charge in [-0.1, -0.05) is 36.4 Å². The van der Waals surface area contributed by atoms with E-state index in [-0.39, 0.29) is 0 Å². The van der Waals surface area contributed by atoms with Gasteiger partial charge in [0.25, 0.3) is 5.56 Å². The van der Waals surface area contributed by atoms with Gasteiger partial charge >= 0.3 is 5.97 Å². The molecule has 0 amide bonds. The van der Waals surface area contributed by atoms with E-state index in [1.54, 1.807) is 0 Å². The Labute approximate surface area is 203 Å². The molecular weight excluding hydrogens is 442 g/mol. The molecular formula is C28H29N3O4. The minimum Gasteiger partial charge on any atom is -0.506 e. The number of carbonyl (C=O) groups is 1. The van der Waals surface area contributed by atoms with Gasteiger partial charge < -0.3 is 20.1 Å². The Balaban J connectivity index is 1.21. The van der Waals surface area contributed by atoms with E-state index in [0.29, 0.717) is 35.6 Å². The number of nitrogens with one attached hydrogen (secondary N) is 1. The minimum atomic E-state index is -1.41. The van der Waals surface area contributed by atoms with Crippen LogP contribution in [0.5, 0.6) is 5.75 Å². The van der Waals surface area contributed by atoms with Gasteiger partial charge in [0.05, 0.1) is 5.69 Å². The Kier molecular flexibility index (Phi) is 5.18. The molecule has 1 saturated carbocycles. The van der Waals surface area contributed by atoms with E-state index in [2.05, 4.69) is 64.3 Å². The third-order valence-corrected chi connectivity index (χ3v) is 8.03. The maximum atomic E-state index is 12.4. The van der Waals surface area contributed by atoms with Gasteiger partial charge in [0.15, 0.2) is 5.56 Å². The van der Waals surface area contributed by atoms with Crippen molar-refractivity contribution in [1.82, 2.24) is 9.88 Å². The number of piperidine rings is 1. The van der Waals surface area contributed by atoms with E-state index in [1.165, 1.54) is 11.3 Å². The lowest BCUT2D eigenvalue weighted by Crippen LogP contribution is -2.32. The van der Waals surface area contributed by atoms with Crippen molar-refractivity contribution in [2.45, 2.75) is 31.8 Å². The summed E-state index contributed by atoms with van der Waals surface area (Å²) in [6.45, 7) is 3.07. The van der Waals surface area contributed by atoms with E-state index < -0.39 is 22.8 Å². The number of aromatic hydroxyl groups is 1. The normalized spacial score (nSPS) is 22.3. The summed E-state index contributed by atoms with van der Waals surface area (Å²) in [6, 6.07) is 17.5. The number of hydrogen-bond donors (Lipinski definition) is 3. The zero-order valence-corrected chi connectivity index (χ0v) is 19.7. The van der Waals surface area contributed by atoms with E-state index in [1.807, 2.05) is 6.07 Å². The van der Waals surface area contributed by atoms with E-state index in [0.717, 1.165) is 43.6 Å². The van der Waals surface area contributed by atoms with Crippen LogP contribution in [0.1, 0.15) is 33.5 Å². The lowest BCUT2D eigenvalue weighted by atomic mass is 9.99. The summed E-state index contributed by atoms with van der Waals surface area (Å²) in [6.07, 6.45) is 2.11. The van der Waals surface area contributed by atoms with Gasteiger partial charge in [-0.2, -0.15) is 0 Å². The van der Waals surface area contributed by atoms with E-state index >= 15 is 0 Å². The first-order valence-electron chi connectivity index (χ1n) is 12.3. The zero-order chi connectivity index (χ0) is 24.3. The van der Waals surface area contributed by atoms with Crippen LogP contribution in [0.2, 0.25) is 0 Å². The molecule has 0 radical (unpaired) electrons. The smallest absolute Gasteiger partial charge is 0.345 e. The van der Waals surface area contributed by atoms with Gasteiger partial charge in [0.1, 0.15) is 5.75 Å². The summed E-state index contributed by atoms with van der Waals surface area (Å²) >= 11 is 0. The number of anilines is 1. The number of carboxylic acids is 1. The Morgan fingerprint density at radius 2 is 1.86 bits per heavy atom. The molecule has 0 unspecified atom stereocenters. The van der Waals surface area contributed by atoms with Crippen molar-refractivity contribution in [3.63, 3.8) is 0 Å². The standard InChI is InChI=1S/C28H29N3O4/c1-30(13-16-6-3-2-4-7-16)25-21-14-31(15-22(21)25)18-10-11-19-17(12-18)8-5-9-20-24(19)29-27(33)23(26(20)32)28(34)35/h2-4,6-7,10-12,21-22,25H,5,8-9,13-15H2,1H3,(H,34,35)(H2,29,32,33)/t21-,22+,25+. The number of benzene rings is 2. The Hall–Kier alpha value is -3.58. The summed E-state index contributed by atoms with van der Waals surface area (Å²) in [5.41, 5.74) is 4.25. The average Bonchev–Trinajstić information content (AvgIpc) is 3.41. The number of carboxylic acid groups (broad SMARTS) is 1. The minimum absolute atomic E-state index is 0.404. The third kappa shape index (κ3) is 3.71. The number of aromatic carboxylic acids is 1.